The van der Waals surface area contributed by atoms with Crippen molar-refractivity contribution in [3.8, 4) is 11.8 Å². The molecule has 0 saturated heterocycles. The summed E-state index contributed by atoms with van der Waals surface area (Å²) < 4.78 is 35.9. The van der Waals surface area contributed by atoms with Crippen LogP contribution in [-0.2, 0) is 16.9 Å². The van der Waals surface area contributed by atoms with Gasteiger partial charge in [-0.1, -0.05) is 17.5 Å². The summed E-state index contributed by atoms with van der Waals surface area (Å²) in [5.74, 6) is 1.86. The predicted octanol–water partition coefficient (Wildman–Crippen LogP) is 4.08. The zero-order chi connectivity index (χ0) is 21.7. The summed E-state index contributed by atoms with van der Waals surface area (Å²) in [4.78, 5) is 28.4. The van der Waals surface area contributed by atoms with Crippen LogP contribution in [0.15, 0.2) is 29.3 Å². The van der Waals surface area contributed by atoms with Crippen LogP contribution in [-0.4, -0.2) is 21.6 Å². The number of aryl methyl sites for hydroxylation is 1. The minimum atomic E-state index is -3.48. The molecule has 0 unspecified atom stereocenters. The fourth-order valence-corrected chi connectivity index (χ4v) is 3.47. The zero-order valence-corrected chi connectivity index (χ0v) is 17.0. The van der Waals surface area contributed by atoms with E-state index in [2.05, 4.69) is 22.1 Å². The molecule has 2 aromatic rings. The van der Waals surface area contributed by atoms with Gasteiger partial charge < -0.3 is 4.74 Å². The Morgan fingerprint density at radius 1 is 1.37 bits per heavy atom. The van der Waals surface area contributed by atoms with Crippen molar-refractivity contribution in [2.75, 3.05) is 5.32 Å². The molecule has 0 bridgehead atoms. The Morgan fingerprint density at radius 2 is 2.10 bits per heavy atom. The number of hydrogen-bond donors (Lipinski definition) is 1. The van der Waals surface area contributed by atoms with Gasteiger partial charge in [0.2, 0.25) is 0 Å². The van der Waals surface area contributed by atoms with Crippen LogP contribution >= 0.6 is 11.6 Å². The number of hydrogen-bond acceptors (Lipinski definition) is 4. The van der Waals surface area contributed by atoms with Crippen LogP contribution < -0.4 is 10.9 Å². The standard InChI is InChI=1S/C21H18ClF2N3O3/c1-12-7-18(28)27(11-25-12)10-14-8-17-15(9-16(14)22)21(20(2,23)24,30-19(29)26-17)6-5-13-3-4-13/h7-9,11,13H,3-4,10H2,1-2H3,(H,26,29)/t21-/m0/s1. The molecule has 1 N–H and O–H groups in total. The molecule has 1 amide bonds. The lowest BCUT2D eigenvalue weighted by molar-refractivity contribution is -0.142. The number of halogens is 3. The van der Waals surface area contributed by atoms with E-state index in [1.54, 1.807) is 6.92 Å². The number of nitrogens with zero attached hydrogens (tertiary/aromatic N) is 2. The Morgan fingerprint density at radius 3 is 2.73 bits per heavy atom. The smallest absolute Gasteiger partial charge is 0.413 e. The van der Waals surface area contributed by atoms with Crippen molar-refractivity contribution in [1.29, 1.82) is 0 Å². The predicted molar refractivity (Wildman–Crippen MR) is 107 cm³/mol. The van der Waals surface area contributed by atoms with Gasteiger partial charge in [0.25, 0.3) is 17.1 Å². The van der Waals surface area contributed by atoms with Crippen molar-refractivity contribution in [2.45, 2.75) is 44.8 Å². The summed E-state index contributed by atoms with van der Waals surface area (Å²) in [6.07, 6.45) is 2.00. The van der Waals surface area contributed by atoms with Crippen LogP contribution in [0.5, 0.6) is 0 Å². The van der Waals surface area contributed by atoms with Crippen LogP contribution in [0.25, 0.3) is 0 Å². The van der Waals surface area contributed by atoms with Gasteiger partial charge in [-0.3, -0.25) is 14.7 Å². The Bertz CT molecular complexity index is 1160. The highest BCUT2D eigenvalue weighted by Crippen LogP contribution is 2.48. The van der Waals surface area contributed by atoms with Crippen LogP contribution in [0.4, 0.5) is 19.3 Å². The second-order valence-electron chi connectivity index (χ2n) is 7.61. The van der Waals surface area contributed by atoms with Gasteiger partial charge in [0.05, 0.1) is 18.6 Å². The van der Waals surface area contributed by atoms with Crippen molar-refractivity contribution < 1.29 is 18.3 Å². The molecule has 1 aromatic heterocycles. The summed E-state index contributed by atoms with van der Waals surface area (Å²) in [6, 6.07) is 4.15. The molecule has 2 aliphatic rings. The maximum absolute atomic E-state index is 14.8. The third-order valence-corrected chi connectivity index (χ3v) is 5.40. The number of aromatic nitrogens is 2. The van der Waals surface area contributed by atoms with Crippen molar-refractivity contribution in [3.05, 3.63) is 56.7 Å². The highest BCUT2D eigenvalue weighted by molar-refractivity contribution is 6.31. The lowest BCUT2D eigenvalue weighted by Crippen LogP contribution is -2.50. The van der Waals surface area contributed by atoms with E-state index < -0.39 is 17.6 Å². The molecule has 9 heteroatoms. The first-order valence-electron chi connectivity index (χ1n) is 9.35. The number of ether oxygens (including phenoxy) is 1. The largest absolute Gasteiger partial charge is 0.418 e. The molecule has 1 atom stereocenters. The number of fused-ring (bicyclic) bond motifs is 1. The van der Waals surface area contributed by atoms with Crippen LogP contribution in [0.3, 0.4) is 0 Å². The number of anilines is 1. The topological polar surface area (TPSA) is 73.2 Å². The summed E-state index contributed by atoms with van der Waals surface area (Å²) in [6.45, 7) is 2.41. The lowest BCUT2D eigenvalue weighted by Gasteiger charge is -2.38. The maximum Gasteiger partial charge on any atom is 0.413 e. The normalized spacial score (nSPS) is 20.5. The first-order chi connectivity index (χ1) is 14.1. The maximum atomic E-state index is 14.8. The second kappa shape index (κ2) is 7.10. The van der Waals surface area contributed by atoms with Gasteiger partial charge in [0.1, 0.15) is 0 Å². The van der Waals surface area contributed by atoms with E-state index in [1.807, 2.05) is 0 Å². The molecule has 1 aliphatic carbocycles. The van der Waals surface area contributed by atoms with E-state index in [0.717, 1.165) is 12.8 Å². The Kier molecular flexibility index (Phi) is 4.82. The minimum Gasteiger partial charge on any atom is -0.418 e. The third kappa shape index (κ3) is 3.65. The highest BCUT2D eigenvalue weighted by Gasteiger charge is 2.57. The number of alkyl halides is 2. The van der Waals surface area contributed by atoms with Crippen LogP contribution in [0.2, 0.25) is 5.02 Å². The number of carbonyl (C=O) groups is 1. The molecule has 1 aliphatic heterocycles. The molecule has 2 heterocycles. The average Bonchev–Trinajstić information content (AvgIpc) is 3.46. The molecule has 30 heavy (non-hydrogen) atoms. The number of carbonyl (C=O) groups excluding carboxylic acids is 1. The SMILES string of the molecule is Cc1cc(=O)n(Cc2cc3c(cc2Cl)[C@@](C#CC2CC2)(C(C)(F)F)OC(=O)N3)cn1. The van der Waals surface area contributed by atoms with Crippen molar-refractivity contribution in [2.24, 2.45) is 5.92 Å². The summed E-state index contributed by atoms with van der Waals surface area (Å²) >= 11 is 6.39. The third-order valence-electron chi connectivity index (χ3n) is 5.05. The number of amides is 1. The summed E-state index contributed by atoms with van der Waals surface area (Å²) in [5, 5.41) is 2.58. The average molecular weight is 434 g/mol. The first-order valence-corrected chi connectivity index (χ1v) is 9.73. The fourth-order valence-electron chi connectivity index (χ4n) is 3.24. The molecule has 1 fully saturated rings. The molecule has 6 nitrogen and oxygen atoms in total. The fraction of sp³-hybridized carbons (Fsp3) is 0.381. The second-order valence-corrected chi connectivity index (χ2v) is 8.02. The van der Waals surface area contributed by atoms with Gasteiger partial charge in [-0.25, -0.2) is 18.6 Å². The van der Waals surface area contributed by atoms with Gasteiger partial charge in [0, 0.05) is 35.2 Å². The first kappa shape index (κ1) is 20.4. The van der Waals surface area contributed by atoms with Crippen molar-refractivity contribution >= 4 is 23.4 Å². The minimum absolute atomic E-state index is 0.0223. The number of benzene rings is 1. The molecular weight excluding hydrogens is 416 g/mol. The lowest BCUT2D eigenvalue weighted by atomic mass is 9.85. The van der Waals surface area contributed by atoms with Gasteiger partial charge in [-0.2, -0.15) is 0 Å². The molecule has 4 rings (SSSR count). The van der Waals surface area contributed by atoms with Gasteiger partial charge >= 0.3 is 6.09 Å². The molecule has 156 valence electrons. The van der Waals surface area contributed by atoms with Crippen molar-refractivity contribution in [1.82, 2.24) is 9.55 Å². The van der Waals surface area contributed by atoms with Crippen LogP contribution in [0, 0.1) is 24.7 Å². The molecular formula is C21H18ClF2N3O3. The number of rotatable bonds is 3. The number of cyclic esters (lactones) is 1. The van der Waals surface area contributed by atoms with E-state index in [1.165, 1.54) is 29.1 Å². The van der Waals surface area contributed by atoms with E-state index in [0.29, 0.717) is 18.2 Å². The van der Waals surface area contributed by atoms with Gasteiger partial charge in [-0.15, -0.1) is 0 Å². The Hall–Kier alpha value is -2.92. The van der Waals surface area contributed by atoms with E-state index in [4.69, 9.17) is 16.3 Å². The van der Waals surface area contributed by atoms with E-state index in [9.17, 15) is 18.4 Å². The van der Waals surface area contributed by atoms with Gasteiger partial charge in [-0.05, 0) is 43.4 Å². The molecule has 1 saturated carbocycles. The molecule has 0 spiro atoms. The van der Waals surface area contributed by atoms with E-state index >= 15 is 0 Å². The number of nitrogens with one attached hydrogen (secondary N) is 1. The van der Waals surface area contributed by atoms with Gasteiger partial charge in [0.15, 0.2) is 0 Å². The van der Waals surface area contributed by atoms with Crippen molar-refractivity contribution in [3.63, 3.8) is 0 Å². The van der Waals surface area contributed by atoms with Crippen LogP contribution in [0.1, 0.15) is 36.6 Å². The molecule has 1 aromatic carbocycles. The highest BCUT2D eigenvalue weighted by atomic mass is 35.5. The summed E-state index contributed by atoms with van der Waals surface area (Å²) in [7, 11) is 0. The zero-order valence-electron chi connectivity index (χ0n) is 16.3. The molecule has 0 radical (unpaired) electrons. The quantitative estimate of drug-likeness (QED) is 0.740. The Balaban J connectivity index is 1.82. The summed E-state index contributed by atoms with van der Waals surface area (Å²) in [5.41, 5.74) is -1.61. The van der Waals surface area contributed by atoms with E-state index in [-0.39, 0.29) is 34.3 Å². The monoisotopic (exact) mass is 433 g/mol. The Labute approximate surface area is 176 Å².